The second kappa shape index (κ2) is 5.42. The Labute approximate surface area is 88.4 Å². The van der Waals surface area contributed by atoms with Crippen molar-refractivity contribution in [3.63, 3.8) is 0 Å². The van der Waals surface area contributed by atoms with Gasteiger partial charge in [0.1, 0.15) is 6.04 Å². The van der Waals surface area contributed by atoms with E-state index in [9.17, 15) is 9.36 Å². The van der Waals surface area contributed by atoms with Gasteiger partial charge in [0.25, 0.3) is 0 Å². The van der Waals surface area contributed by atoms with Crippen LogP contribution in [0.25, 0.3) is 0 Å². The molecule has 3 N–H and O–H groups in total. The van der Waals surface area contributed by atoms with E-state index in [4.69, 9.17) is 14.9 Å². The number of hydrogen-bond donors (Lipinski definition) is 3. The van der Waals surface area contributed by atoms with Crippen LogP contribution in [-0.2, 0) is 9.36 Å². The molecule has 6 nitrogen and oxygen atoms in total. The summed E-state index contributed by atoms with van der Waals surface area (Å²) in [6.45, 7) is 1.50. The molecule has 0 rings (SSSR count). The van der Waals surface area contributed by atoms with Crippen LogP contribution < -0.4 is 0 Å². The second-order valence-electron chi connectivity index (χ2n) is 3.58. The van der Waals surface area contributed by atoms with E-state index in [0.717, 1.165) is 0 Å². The highest BCUT2D eigenvalue weighted by atomic mass is 31.2. The van der Waals surface area contributed by atoms with E-state index < -0.39 is 25.8 Å². The van der Waals surface area contributed by atoms with Gasteiger partial charge in [-0.1, -0.05) is 11.6 Å². The lowest BCUT2D eigenvalue weighted by Crippen LogP contribution is -2.34. The molecule has 15 heavy (non-hydrogen) atoms. The van der Waals surface area contributed by atoms with E-state index in [1.807, 2.05) is 0 Å². The zero-order chi connectivity index (χ0) is 12.2. The summed E-state index contributed by atoms with van der Waals surface area (Å²) in [4.78, 5) is 29.6. The minimum atomic E-state index is -4.12. The summed E-state index contributed by atoms with van der Waals surface area (Å²) in [6.07, 6.45) is 0.923. The first-order valence-corrected chi connectivity index (χ1v) is 6.04. The topological polar surface area (TPSA) is 98.1 Å². The molecule has 0 bridgehead atoms. The van der Waals surface area contributed by atoms with Gasteiger partial charge in [-0.15, -0.1) is 0 Å². The summed E-state index contributed by atoms with van der Waals surface area (Å²) in [7, 11) is -0.952. The maximum Gasteiger partial charge on any atom is 0.329 e. The Morgan fingerprint density at radius 2 is 1.93 bits per heavy atom. The average molecular weight is 237 g/mol. The van der Waals surface area contributed by atoms with Crippen molar-refractivity contribution < 1.29 is 24.3 Å². The van der Waals surface area contributed by atoms with Crippen LogP contribution in [0.5, 0.6) is 0 Å². The molecule has 0 aromatic rings. The first-order valence-electron chi connectivity index (χ1n) is 4.24. The third-order valence-corrected chi connectivity index (χ3v) is 2.62. The summed E-state index contributed by atoms with van der Waals surface area (Å²) in [5.41, 5.74) is 0.365. The largest absolute Gasteiger partial charge is 0.480 e. The molecule has 0 aromatic carbocycles. The normalized spacial score (nSPS) is 15.5. The minimum absolute atomic E-state index is 0.365. The molecule has 88 valence electrons. The van der Waals surface area contributed by atoms with E-state index in [2.05, 4.69) is 0 Å². The molecular formula is C8H16NO5P. The monoisotopic (exact) mass is 237 g/mol. The van der Waals surface area contributed by atoms with Crippen molar-refractivity contribution in [2.24, 2.45) is 0 Å². The highest BCUT2D eigenvalue weighted by molar-refractivity contribution is 7.52. The van der Waals surface area contributed by atoms with Crippen molar-refractivity contribution in [2.45, 2.75) is 13.0 Å². The van der Waals surface area contributed by atoms with Gasteiger partial charge in [-0.05, 0) is 21.0 Å². The van der Waals surface area contributed by atoms with E-state index >= 15 is 0 Å². The van der Waals surface area contributed by atoms with Crippen LogP contribution in [0.4, 0.5) is 0 Å². The lowest BCUT2D eigenvalue weighted by molar-refractivity contribution is -0.140. The zero-order valence-electron chi connectivity index (χ0n) is 8.91. The number of allylic oxidation sites excluding steroid dienone is 1. The Kier molecular flexibility index (Phi) is 5.17. The van der Waals surface area contributed by atoms with Gasteiger partial charge >= 0.3 is 13.6 Å². The number of carboxylic acid groups (broad SMARTS) is 1. The molecule has 1 unspecified atom stereocenters. The zero-order valence-corrected chi connectivity index (χ0v) is 9.81. The number of hydrogen-bond acceptors (Lipinski definition) is 3. The Balaban J connectivity index is 4.70. The Hall–Kier alpha value is -0.680. The Bertz CT molecular complexity index is 306. The van der Waals surface area contributed by atoms with E-state index in [0.29, 0.717) is 5.57 Å². The standard InChI is InChI=1S/C8H16NO5P/c1-6(5-15(12,13)14)4-7(8(10)11)9(2)3/h4,7H,5H2,1-3H3,(H,10,11)(H2,12,13,14). The molecule has 0 spiro atoms. The summed E-state index contributed by atoms with van der Waals surface area (Å²) in [5.74, 6) is -1.05. The molecular weight excluding hydrogens is 221 g/mol. The van der Waals surface area contributed by atoms with Crippen LogP contribution in [0.2, 0.25) is 0 Å². The summed E-state index contributed by atoms with van der Waals surface area (Å²) >= 11 is 0. The maximum absolute atomic E-state index is 10.8. The summed E-state index contributed by atoms with van der Waals surface area (Å²) in [6, 6.07) is -0.864. The fraction of sp³-hybridized carbons (Fsp3) is 0.625. The molecule has 0 aromatic heterocycles. The number of nitrogens with zero attached hydrogens (tertiary/aromatic N) is 1. The summed E-state index contributed by atoms with van der Waals surface area (Å²) in [5, 5.41) is 8.81. The van der Waals surface area contributed by atoms with Crippen molar-refractivity contribution in [1.29, 1.82) is 0 Å². The van der Waals surface area contributed by atoms with Gasteiger partial charge in [0.15, 0.2) is 0 Å². The molecule has 1 atom stereocenters. The van der Waals surface area contributed by atoms with E-state index in [1.165, 1.54) is 17.9 Å². The number of aliphatic carboxylic acids is 1. The fourth-order valence-corrected chi connectivity index (χ4v) is 1.84. The molecule has 0 saturated heterocycles. The molecule has 0 aliphatic heterocycles. The van der Waals surface area contributed by atoms with Crippen molar-refractivity contribution in [2.75, 3.05) is 20.3 Å². The Morgan fingerprint density at radius 1 is 1.47 bits per heavy atom. The summed E-state index contributed by atoms with van der Waals surface area (Å²) < 4.78 is 10.7. The molecule has 0 aliphatic rings. The Morgan fingerprint density at radius 3 is 2.20 bits per heavy atom. The van der Waals surface area contributed by atoms with Gasteiger partial charge in [-0.25, -0.2) is 0 Å². The molecule has 0 aliphatic carbocycles. The predicted octanol–water partition coefficient (Wildman–Crippen LogP) is 0.125. The van der Waals surface area contributed by atoms with Crippen LogP contribution in [0.15, 0.2) is 11.6 Å². The molecule has 0 radical (unpaired) electrons. The van der Waals surface area contributed by atoms with Gasteiger partial charge in [0, 0.05) is 0 Å². The van der Waals surface area contributed by atoms with Gasteiger partial charge in [0.05, 0.1) is 6.16 Å². The second-order valence-corrected chi connectivity index (χ2v) is 5.23. The van der Waals surface area contributed by atoms with Gasteiger partial charge < -0.3 is 14.9 Å². The fourth-order valence-electron chi connectivity index (χ4n) is 1.09. The van der Waals surface area contributed by atoms with Gasteiger partial charge in [-0.2, -0.15) is 0 Å². The molecule has 7 heteroatoms. The van der Waals surface area contributed by atoms with Crippen LogP contribution in [0.3, 0.4) is 0 Å². The van der Waals surface area contributed by atoms with E-state index in [-0.39, 0.29) is 0 Å². The number of carboxylic acids is 1. The first kappa shape index (κ1) is 14.3. The van der Waals surface area contributed by atoms with Gasteiger partial charge in [0.2, 0.25) is 0 Å². The quantitative estimate of drug-likeness (QED) is 0.464. The van der Waals surface area contributed by atoms with Crippen LogP contribution >= 0.6 is 7.60 Å². The van der Waals surface area contributed by atoms with Crippen molar-refractivity contribution in [3.8, 4) is 0 Å². The van der Waals surface area contributed by atoms with Crippen LogP contribution in [0, 0.1) is 0 Å². The van der Waals surface area contributed by atoms with Crippen LogP contribution in [0.1, 0.15) is 6.92 Å². The third-order valence-electron chi connectivity index (χ3n) is 1.71. The van der Waals surface area contributed by atoms with E-state index in [1.54, 1.807) is 14.1 Å². The third kappa shape index (κ3) is 6.41. The first-order chi connectivity index (χ1) is 6.63. The highest BCUT2D eigenvalue weighted by Crippen LogP contribution is 2.36. The average Bonchev–Trinajstić information content (AvgIpc) is 1.95. The minimum Gasteiger partial charge on any atom is -0.480 e. The molecule has 0 amide bonds. The SMILES string of the molecule is CC(=CC(C(=O)O)N(C)C)CP(=O)(O)O. The lowest BCUT2D eigenvalue weighted by Gasteiger charge is -2.17. The van der Waals surface area contributed by atoms with Gasteiger partial charge in [-0.3, -0.25) is 14.3 Å². The molecule has 0 heterocycles. The van der Waals surface area contributed by atoms with Crippen molar-refractivity contribution in [1.82, 2.24) is 4.90 Å². The maximum atomic E-state index is 10.8. The highest BCUT2D eigenvalue weighted by Gasteiger charge is 2.19. The lowest BCUT2D eigenvalue weighted by atomic mass is 10.2. The van der Waals surface area contributed by atoms with Crippen molar-refractivity contribution >= 4 is 13.6 Å². The predicted molar refractivity (Wildman–Crippen MR) is 55.8 cm³/mol. The number of carbonyl (C=O) groups is 1. The van der Waals surface area contributed by atoms with Crippen molar-refractivity contribution in [3.05, 3.63) is 11.6 Å². The number of likely N-dealkylation sites (N-methyl/N-ethyl adjacent to an activating group) is 1. The molecule has 0 fully saturated rings. The smallest absolute Gasteiger partial charge is 0.329 e. The number of rotatable bonds is 5. The van der Waals surface area contributed by atoms with Crippen LogP contribution in [-0.4, -0.2) is 52.1 Å². The molecule has 0 saturated carbocycles.